The highest BCUT2D eigenvalue weighted by Gasteiger charge is 2.22. The van der Waals surface area contributed by atoms with E-state index in [1.807, 2.05) is 31.2 Å². The molecule has 0 aromatic heterocycles. The number of alkyl carbamates (subject to hydrolysis) is 1. The van der Waals surface area contributed by atoms with Crippen molar-refractivity contribution in [3.8, 4) is 0 Å². The SMILES string of the molecule is Cc1ccc(CSC[C@H](NC(=O)OC(C)(C)C)C(N)=O)cc1. The van der Waals surface area contributed by atoms with Crippen LogP contribution in [0.5, 0.6) is 0 Å². The maximum atomic E-state index is 11.7. The minimum absolute atomic E-state index is 0.405. The van der Waals surface area contributed by atoms with Gasteiger partial charge in [0.15, 0.2) is 0 Å². The van der Waals surface area contributed by atoms with Crippen LogP contribution in [0.1, 0.15) is 31.9 Å². The summed E-state index contributed by atoms with van der Waals surface area (Å²) in [6, 6.07) is 7.43. The summed E-state index contributed by atoms with van der Waals surface area (Å²) < 4.78 is 5.13. The molecule has 0 bridgehead atoms. The predicted molar refractivity (Wildman–Crippen MR) is 89.7 cm³/mol. The fourth-order valence-electron chi connectivity index (χ4n) is 1.62. The molecule has 0 aliphatic heterocycles. The molecule has 0 fully saturated rings. The van der Waals surface area contributed by atoms with Gasteiger partial charge in [0.2, 0.25) is 5.91 Å². The van der Waals surface area contributed by atoms with E-state index in [0.717, 1.165) is 11.3 Å². The summed E-state index contributed by atoms with van der Waals surface area (Å²) in [6.45, 7) is 7.32. The molecule has 122 valence electrons. The van der Waals surface area contributed by atoms with Gasteiger partial charge in [0, 0.05) is 11.5 Å². The zero-order valence-corrected chi connectivity index (χ0v) is 14.3. The van der Waals surface area contributed by atoms with Crippen LogP contribution in [0.3, 0.4) is 0 Å². The number of nitrogens with two attached hydrogens (primary N) is 1. The predicted octanol–water partition coefficient (Wildman–Crippen LogP) is 2.61. The summed E-state index contributed by atoms with van der Waals surface area (Å²) in [4.78, 5) is 23.1. The summed E-state index contributed by atoms with van der Waals surface area (Å²) in [5.74, 6) is 0.588. The second-order valence-electron chi connectivity index (χ2n) is 6.10. The van der Waals surface area contributed by atoms with Crippen molar-refractivity contribution in [2.45, 2.75) is 45.1 Å². The Labute approximate surface area is 136 Å². The molecule has 0 aliphatic carbocycles. The lowest BCUT2D eigenvalue weighted by atomic mass is 10.2. The van der Waals surface area contributed by atoms with Crippen LogP contribution in [0.25, 0.3) is 0 Å². The first-order chi connectivity index (χ1) is 10.2. The lowest BCUT2D eigenvalue weighted by Gasteiger charge is -2.22. The van der Waals surface area contributed by atoms with Crippen molar-refractivity contribution in [2.24, 2.45) is 5.73 Å². The second-order valence-corrected chi connectivity index (χ2v) is 7.13. The first-order valence-electron chi connectivity index (χ1n) is 7.09. The smallest absolute Gasteiger partial charge is 0.408 e. The summed E-state index contributed by atoms with van der Waals surface area (Å²) >= 11 is 1.54. The number of amides is 2. The molecule has 0 aliphatic rings. The van der Waals surface area contributed by atoms with Gasteiger partial charge in [-0.3, -0.25) is 4.79 Å². The van der Waals surface area contributed by atoms with Gasteiger partial charge in [-0.15, -0.1) is 0 Å². The molecule has 5 nitrogen and oxygen atoms in total. The number of thioether (sulfide) groups is 1. The first kappa shape index (κ1) is 18.4. The normalized spacial score (nSPS) is 12.5. The van der Waals surface area contributed by atoms with Gasteiger partial charge in [0.25, 0.3) is 0 Å². The Morgan fingerprint density at radius 3 is 2.36 bits per heavy atom. The van der Waals surface area contributed by atoms with Crippen LogP contribution in [0.4, 0.5) is 4.79 Å². The standard InChI is InChI=1S/C16H24N2O3S/c1-11-5-7-12(8-6-11)9-22-10-13(14(17)19)18-15(20)21-16(2,3)4/h5-8,13H,9-10H2,1-4H3,(H2,17,19)(H,18,20)/t13-/m0/s1. The van der Waals surface area contributed by atoms with E-state index in [2.05, 4.69) is 5.32 Å². The van der Waals surface area contributed by atoms with Crippen molar-refractivity contribution in [3.63, 3.8) is 0 Å². The van der Waals surface area contributed by atoms with E-state index in [1.165, 1.54) is 17.3 Å². The average molecular weight is 324 g/mol. The highest BCUT2D eigenvalue weighted by atomic mass is 32.2. The van der Waals surface area contributed by atoms with Gasteiger partial charge in [0.05, 0.1) is 0 Å². The second kappa shape index (κ2) is 8.08. The van der Waals surface area contributed by atoms with E-state index in [0.29, 0.717) is 5.75 Å². The molecule has 1 rings (SSSR count). The van der Waals surface area contributed by atoms with Crippen molar-refractivity contribution in [1.29, 1.82) is 0 Å². The minimum Gasteiger partial charge on any atom is -0.444 e. The lowest BCUT2D eigenvalue weighted by Crippen LogP contribution is -2.47. The number of nitrogens with one attached hydrogen (secondary N) is 1. The molecule has 2 amide bonds. The Morgan fingerprint density at radius 1 is 1.27 bits per heavy atom. The van der Waals surface area contributed by atoms with Crippen LogP contribution in [0, 0.1) is 6.92 Å². The van der Waals surface area contributed by atoms with Crippen LogP contribution < -0.4 is 11.1 Å². The molecular formula is C16H24N2O3S. The summed E-state index contributed by atoms with van der Waals surface area (Å²) in [5, 5.41) is 2.51. The highest BCUT2D eigenvalue weighted by Crippen LogP contribution is 2.14. The van der Waals surface area contributed by atoms with Gasteiger partial charge < -0.3 is 15.8 Å². The van der Waals surface area contributed by atoms with E-state index in [9.17, 15) is 9.59 Å². The molecular weight excluding hydrogens is 300 g/mol. The molecule has 6 heteroatoms. The van der Waals surface area contributed by atoms with E-state index in [-0.39, 0.29) is 0 Å². The molecule has 22 heavy (non-hydrogen) atoms. The van der Waals surface area contributed by atoms with Gasteiger partial charge in [-0.25, -0.2) is 4.79 Å². The topological polar surface area (TPSA) is 81.4 Å². The van der Waals surface area contributed by atoms with Crippen molar-refractivity contribution < 1.29 is 14.3 Å². The molecule has 0 saturated heterocycles. The largest absolute Gasteiger partial charge is 0.444 e. The number of aryl methyl sites for hydroxylation is 1. The number of rotatable bonds is 6. The summed E-state index contributed by atoms with van der Waals surface area (Å²) in [5.41, 5.74) is 7.08. The monoisotopic (exact) mass is 324 g/mol. The van der Waals surface area contributed by atoms with Crippen LogP contribution in [-0.4, -0.2) is 29.4 Å². The fraction of sp³-hybridized carbons (Fsp3) is 0.500. The molecule has 1 atom stereocenters. The number of hydrogen-bond donors (Lipinski definition) is 2. The average Bonchev–Trinajstić information content (AvgIpc) is 2.37. The highest BCUT2D eigenvalue weighted by molar-refractivity contribution is 7.98. The molecule has 1 aromatic rings. The number of carbonyl (C=O) groups is 2. The van der Waals surface area contributed by atoms with E-state index in [4.69, 9.17) is 10.5 Å². The Balaban J connectivity index is 2.46. The van der Waals surface area contributed by atoms with Gasteiger partial charge in [-0.05, 0) is 33.3 Å². The summed E-state index contributed by atoms with van der Waals surface area (Å²) in [7, 11) is 0. The molecule has 3 N–H and O–H groups in total. The number of ether oxygens (including phenoxy) is 1. The number of carbonyl (C=O) groups excluding carboxylic acids is 2. The van der Waals surface area contributed by atoms with Gasteiger partial charge in [-0.1, -0.05) is 29.8 Å². The van der Waals surface area contributed by atoms with Crippen molar-refractivity contribution in [3.05, 3.63) is 35.4 Å². The molecule has 0 radical (unpaired) electrons. The minimum atomic E-state index is -0.745. The maximum absolute atomic E-state index is 11.7. The molecule has 1 aromatic carbocycles. The van der Waals surface area contributed by atoms with E-state index < -0.39 is 23.6 Å². The quantitative estimate of drug-likeness (QED) is 0.843. The van der Waals surface area contributed by atoms with Crippen LogP contribution in [0.15, 0.2) is 24.3 Å². The number of hydrogen-bond acceptors (Lipinski definition) is 4. The van der Waals surface area contributed by atoms with Crippen molar-refractivity contribution >= 4 is 23.8 Å². The Hall–Kier alpha value is -1.69. The van der Waals surface area contributed by atoms with Gasteiger partial charge in [0.1, 0.15) is 11.6 Å². The van der Waals surface area contributed by atoms with Crippen LogP contribution >= 0.6 is 11.8 Å². The van der Waals surface area contributed by atoms with Crippen LogP contribution in [0.2, 0.25) is 0 Å². The maximum Gasteiger partial charge on any atom is 0.408 e. The zero-order valence-electron chi connectivity index (χ0n) is 13.5. The third-order valence-corrected chi connectivity index (χ3v) is 3.81. The van der Waals surface area contributed by atoms with Crippen LogP contribution in [-0.2, 0) is 15.3 Å². The number of primary amides is 1. The van der Waals surface area contributed by atoms with Gasteiger partial charge >= 0.3 is 6.09 Å². The third kappa shape index (κ3) is 7.36. The molecule has 0 saturated carbocycles. The zero-order chi connectivity index (χ0) is 16.8. The Morgan fingerprint density at radius 2 is 1.86 bits per heavy atom. The number of benzene rings is 1. The lowest BCUT2D eigenvalue weighted by molar-refractivity contribution is -0.119. The molecule has 0 spiro atoms. The Bertz CT molecular complexity index is 509. The van der Waals surface area contributed by atoms with E-state index >= 15 is 0 Å². The van der Waals surface area contributed by atoms with Gasteiger partial charge in [-0.2, -0.15) is 11.8 Å². The fourth-order valence-corrected chi connectivity index (χ4v) is 2.65. The molecule has 0 unspecified atom stereocenters. The summed E-state index contributed by atoms with van der Waals surface area (Å²) in [6.07, 6.45) is -0.632. The Kier molecular flexibility index (Phi) is 6.74. The first-order valence-corrected chi connectivity index (χ1v) is 8.25. The van der Waals surface area contributed by atoms with Crippen molar-refractivity contribution in [1.82, 2.24) is 5.32 Å². The third-order valence-electron chi connectivity index (χ3n) is 2.71. The van der Waals surface area contributed by atoms with Crippen molar-refractivity contribution in [2.75, 3.05) is 5.75 Å². The molecule has 0 heterocycles. The van der Waals surface area contributed by atoms with E-state index in [1.54, 1.807) is 20.8 Å².